The number of amides is 1. The summed E-state index contributed by atoms with van der Waals surface area (Å²) in [6.07, 6.45) is 2.17. The van der Waals surface area contributed by atoms with Crippen LogP contribution in [0.2, 0.25) is 0 Å². The van der Waals surface area contributed by atoms with Crippen molar-refractivity contribution in [2.24, 2.45) is 0 Å². The van der Waals surface area contributed by atoms with Gasteiger partial charge in [-0.2, -0.15) is 9.61 Å². The minimum atomic E-state index is -0.00563. The first-order chi connectivity index (χ1) is 16.2. The zero-order valence-electron chi connectivity index (χ0n) is 18.2. The van der Waals surface area contributed by atoms with Crippen LogP contribution in [0.15, 0.2) is 78.2 Å². The molecule has 0 aliphatic heterocycles. The Balaban J connectivity index is 1.31. The minimum absolute atomic E-state index is 0.00563. The summed E-state index contributed by atoms with van der Waals surface area (Å²) in [6.45, 7) is 2.14. The van der Waals surface area contributed by atoms with E-state index < -0.39 is 0 Å². The number of benzene rings is 2. The molecule has 33 heavy (non-hydrogen) atoms. The van der Waals surface area contributed by atoms with E-state index in [0.717, 1.165) is 34.1 Å². The van der Waals surface area contributed by atoms with Gasteiger partial charge in [0, 0.05) is 17.7 Å². The van der Waals surface area contributed by atoms with Crippen LogP contribution in [0, 0.1) is 0 Å². The molecule has 2 aromatic carbocycles. The molecule has 164 valence electrons. The van der Waals surface area contributed by atoms with Crippen molar-refractivity contribution in [1.82, 2.24) is 19.8 Å². The van der Waals surface area contributed by atoms with Gasteiger partial charge in [0.15, 0.2) is 11.5 Å². The van der Waals surface area contributed by atoms with Gasteiger partial charge in [0.2, 0.25) is 5.91 Å². The number of anilines is 1. The molecular formula is C26H23N5OS. The normalized spacial score (nSPS) is 11.1. The monoisotopic (exact) mass is 453 g/mol. The van der Waals surface area contributed by atoms with Crippen LogP contribution >= 0.6 is 11.3 Å². The van der Waals surface area contributed by atoms with Gasteiger partial charge in [0.05, 0.1) is 10.6 Å². The Morgan fingerprint density at radius 2 is 1.82 bits per heavy atom. The second kappa shape index (κ2) is 9.34. The molecule has 5 rings (SSSR count). The van der Waals surface area contributed by atoms with E-state index in [1.807, 2.05) is 53.9 Å². The first-order valence-electron chi connectivity index (χ1n) is 10.9. The molecule has 3 heterocycles. The Morgan fingerprint density at radius 3 is 2.61 bits per heavy atom. The Bertz CT molecular complexity index is 1390. The SMILES string of the molecule is CCc1ccc(CCC(=O)Nc2cccc(-c3ccc4nnc(-c5cccs5)n4n3)c2)cc1. The molecule has 0 radical (unpaired) electrons. The van der Waals surface area contributed by atoms with Crippen molar-refractivity contribution in [3.05, 3.63) is 89.3 Å². The average Bonchev–Trinajstić information content (AvgIpc) is 3.52. The van der Waals surface area contributed by atoms with Crippen molar-refractivity contribution in [2.45, 2.75) is 26.2 Å². The molecule has 0 saturated heterocycles. The van der Waals surface area contributed by atoms with Crippen molar-refractivity contribution in [1.29, 1.82) is 0 Å². The van der Waals surface area contributed by atoms with E-state index >= 15 is 0 Å². The third kappa shape index (κ3) is 4.68. The number of aromatic nitrogens is 4. The number of fused-ring (bicyclic) bond motifs is 1. The fourth-order valence-corrected chi connectivity index (χ4v) is 4.38. The number of thiophene rings is 1. The number of carbonyl (C=O) groups is 1. The van der Waals surface area contributed by atoms with Gasteiger partial charge in [-0.25, -0.2) is 0 Å². The molecule has 0 unspecified atom stereocenters. The first kappa shape index (κ1) is 21.0. The Morgan fingerprint density at radius 1 is 0.970 bits per heavy atom. The summed E-state index contributed by atoms with van der Waals surface area (Å²) in [7, 11) is 0. The largest absolute Gasteiger partial charge is 0.326 e. The van der Waals surface area contributed by atoms with Gasteiger partial charge in [-0.05, 0) is 59.7 Å². The zero-order chi connectivity index (χ0) is 22.6. The first-order valence-corrected chi connectivity index (χ1v) is 11.8. The summed E-state index contributed by atoms with van der Waals surface area (Å²) in [5, 5.41) is 18.3. The van der Waals surface area contributed by atoms with Crippen molar-refractivity contribution in [3.63, 3.8) is 0 Å². The van der Waals surface area contributed by atoms with Crippen LogP contribution < -0.4 is 5.32 Å². The third-order valence-corrected chi connectivity index (χ3v) is 6.38. The van der Waals surface area contributed by atoms with Gasteiger partial charge < -0.3 is 5.32 Å². The van der Waals surface area contributed by atoms with Gasteiger partial charge in [0.1, 0.15) is 0 Å². The highest BCUT2D eigenvalue weighted by molar-refractivity contribution is 7.13. The summed E-state index contributed by atoms with van der Waals surface area (Å²) in [6, 6.07) is 24.0. The number of carbonyl (C=O) groups excluding carboxylic acids is 1. The lowest BCUT2D eigenvalue weighted by Gasteiger charge is -2.08. The molecule has 6 nitrogen and oxygen atoms in total. The number of hydrogen-bond donors (Lipinski definition) is 1. The molecule has 0 atom stereocenters. The van der Waals surface area contributed by atoms with Crippen LogP contribution in [0.5, 0.6) is 0 Å². The molecule has 7 heteroatoms. The second-order valence-corrected chi connectivity index (χ2v) is 8.74. The molecule has 0 saturated carbocycles. The maximum Gasteiger partial charge on any atom is 0.224 e. The molecule has 0 fully saturated rings. The molecule has 0 aliphatic rings. The Hall–Kier alpha value is -3.84. The summed E-state index contributed by atoms with van der Waals surface area (Å²) in [4.78, 5) is 13.5. The number of nitrogens with one attached hydrogen (secondary N) is 1. The van der Waals surface area contributed by atoms with E-state index in [0.29, 0.717) is 18.5 Å². The van der Waals surface area contributed by atoms with Gasteiger partial charge >= 0.3 is 0 Å². The topological polar surface area (TPSA) is 72.2 Å². The van der Waals surface area contributed by atoms with Crippen LogP contribution in [-0.4, -0.2) is 25.7 Å². The van der Waals surface area contributed by atoms with Crippen molar-refractivity contribution in [2.75, 3.05) is 5.32 Å². The number of hydrogen-bond acceptors (Lipinski definition) is 5. The summed E-state index contributed by atoms with van der Waals surface area (Å²) in [5.41, 5.74) is 5.62. The Labute approximate surface area is 195 Å². The number of rotatable bonds is 7. The van der Waals surface area contributed by atoms with Crippen LogP contribution in [0.4, 0.5) is 5.69 Å². The van der Waals surface area contributed by atoms with Crippen LogP contribution in [0.1, 0.15) is 24.5 Å². The van der Waals surface area contributed by atoms with E-state index in [1.165, 1.54) is 11.1 Å². The second-order valence-electron chi connectivity index (χ2n) is 7.79. The highest BCUT2D eigenvalue weighted by atomic mass is 32.1. The molecule has 0 spiro atoms. The lowest BCUT2D eigenvalue weighted by Crippen LogP contribution is -2.12. The maximum atomic E-state index is 12.5. The lowest BCUT2D eigenvalue weighted by atomic mass is 10.1. The predicted octanol–water partition coefficient (Wildman–Crippen LogP) is 5.65. The predicted molar refractivity (Wildman–Crippen MR) is 132 cm³/mol. The van der Waals surface area contributed by atoms with Gasteiger partial charge in [-0.15, -0.1) is 21.5 Å². The fraction of sp³-hybridized carbons (Fsp3) is 0.154. The van der Waals surface area contributed by atoms with Crippen molar-refractivity contribution in [3.8, 4) is 22.0 Å². The summed E-state index contributed by atoms with van der Waals surface area (Å²) < 4.78 is 1.76. The summed E-state index contributed by atoms with van der Waals surface area (Å²) >= 11 is 1.60. The highest BCUT2D eigenvalue weighted by Gasteiger charge is 2.12. The third-order valence-electron chi connectivity index (χ3n) is 5.52. The zero-order valence-corrected chi connectivity index (χ0v) is 19.0. The average molecular weight is 454 g/mol. The van der Waals surface area contributed by atoms with Gasteiger partial charge in [-0.3, -0.25) is 4.79 Å². The van der Waals surface area contributed by atoms with E-state index in [4.69, 9.17) is 5.10 Å². The quantitative estimate of drug-likeness (QED) is 0.345. The number of nitrogens with zero attached hydrogens (tertiary/aromatic N) is 4. The standard InChI is InChI=1S/C26H23N5OS/c1-2-18-8-10-19(11-9-18)12-15-25(32)27-21-6-3-5-20(17-21)22-13-14-24-28-29-26(31(24)30-22)23-7-4-16-33-23/h3-11,13-14,16-17H,2,12,15H2,1H3,(H,27,32). The smallest absolute Gasteiger partial charge is 0.224 e. The van der Waals surface area contributed by atoms with E-state index in [-0.39, 0.29) is 5.91 Å². The van der Waals surface area contributed by atoms with Crippen molar-refractivity contribution >= 4 is 28.6 Å². The van der Waals surface area contributed by atoms with Gasteiger partial charge in [0.25, 0.3) is 0 Å². The molecule has 5 aromatic rings. The van der Waals surface area contributed by atoms with Crippen molar-refractivity contribution < 1.29 is 4.79 Å². The molecule has 0 bridgehead atoms. The maximum absolute atomic E-state index is 12.5. The van der Waals surface area contributed by atoms with E-state index in [1.54, 1.807) is 15.9 Å². The minimum Gasteiger partial charge on any atom is -0.326 e. The van der Waals surface area contributed by atoms with Crippen LogP contribution in [0.25, 0.3) is 27.6 Å². The molecule has 0 aliphatic carbocycles. The van der Waals surface area contributed by atoms with Crippen LogP contribution in [-0.2, 0) is 17.6 Å². The Kier molecular flexibility index (Phi) is 5.95. The molecule has 1 amide bonds. The van der Waals surface area contributed by atoms with E-state index in [2.05, 4.69) is 46.7 Å². The fourth-order valence-electron chi connectivity index (χ4n) is 3.68. The summed E-state index contributed by atoms with van der Waals surface area (Å²) in [5.74, 6) is 0.715. The highest BCUT2D eigenvalue weighted by Crippen LogP contribution is 2.25. The molecule has 3 aromatic heterocycles. The van der Waals surface area contributed by atoms with Gasteiger partial charge in [-0.1, -0.05) is 49.4 Å². The molecular weight excluding hydrogens is 430 g/mol. The van der Waals surface area contributed by atoms with E-state index in [9.17, 15) is 4.79 Å². The number of aryl methyl sites for hydroxylation is 2. The molecule has 1 N–H and O–H groups in total. The lowest BCUT2D eigenvalue weighted by molar-refractivity contribution is -0.116. The van der Waals surface area contributed by atoms with Crippen LogP contribution in [0.3, 0.4) is 0 Å².